The average molecular weight is 426 g/mol. The minimum atomic E-state index is -0.406. The summed E-state index contributed by atoms with van der Waals surface area (Å²) in [5.74, 6) is 0.775. The highest BCUT2D eigenvalue weighted by Gasteiger charge is 2.40. The second-order valence-corrected chi connectivity index (χ2v) is 6.75. The van der Waals surface area contributed by atoms with Gasteiger partial charge in [0.25, 0.3) is 11.8 Å². The molecule has 8 heteroatoms. The SMILES string of the molecule is COCCCN1C(=O)C(Nc2ccc(OC)c(OC)c2)=C(c2ccccc2OC)C1=O. The maximum absolute atomic E-state index is 13.3. The van der Waals surface area contributed by atoms with Gasteiger partial charge in [0, 0.05) is 37.6 Å². The van der Waals surface area contributed by atoms with Crippen molar-refractivity contribution in [3.05, 3.63) is 53.7 Å². The van der Waals surface area contributed by atoms with E-state index in [9.17, 15) is 9.59 Å². The number of hydrogen-bond acceptors (Lipinski definition) is 7. The van der Waals surface area contributed by atoms with Crippen molar-refractivity contribution < 1.29 is 28.5 Å². The van der Waals surface area contributed by atoms with Gasteiger partial charge in [-0.2, -0.15) is 0 Å². The van der Waals surface area contributed by atoms with E-state index in [0.717, 1.165) is 0 Å². The normalized spacial score (nSPS) is 13.6. The van der Waals surface area contributed by atoms with Crippen LogP contribution in [0.1, 0.15) is 12.0 Å². The lowest BCUT2D eigenvalue weighted by atomic mass is 10.0. The molecule has 0 aliphatic carbocycles. The average Bonchev–Trinajstić information content (AvgIpc) is 3.03. The van der Waals surface area contributed by atoms with Gasteiger partial charge < -0.3 is 24.3 Å². The van der Waals surface area contributed by atoms with E-state index in [0.29, 0.717) is 41.5 Å². The first-order chi connectivity index (χ1) is 15.0. The van der Waals surface area contributed by atoms with E-state index < -0.39 is 5.91 Å². The number of ether oxygens (including phenoxy) is 4. The van der Waals surface area contributed by atoms with Crippen molar-refractivity contribution in [2.75, 3.05) is 46.9 Å². The monoisotopic (exact) mass is 426 g/mol. The summed E-state index contributed by atoms with van der Waals surface area (Å²) in [5.41, 5.74) is 1.56. The molecule has 0 aromatic heterocycles. The number of para-hydroxylation sites is 1. The lowest BCUT2D eigenvalue weighted by Gasteiger charge is -2.15. The molecule has 31 heavy (non-hydrogen) atoms. The largest absolute Gasteiger partial charge is 0.496 e. The molecule has 1 heterocycles. The van der Waals surface area contributed by atoms with Crippen molar-refractivity contribution in [2.24, 2.45) is 0 Å². The number of carbonyl (C=O) groups is 2. The van der Waals surface area contributed by atoms with Gasteiger partial charge in [-0.15, -0.1) is 0 Å². The zero-order valence-corrected chi connectivity index (χ0v) is 18.1. The van der Waals surface area contributed by atoms with E-state index >= 15 is 0 Å². The molecule has 0 fully saturated rings. The summed E-state index contributed by atoms with van der Waals surface area (Å²) in [4.78, 5) is 27.7. The lowest BCUT2D eigenvalue weighted by Crippen LogP contribution is -2.33. The van der Waals surface area contributed by atoms with Crippen molar-refractivity contribution in [3.8, 4) is 17.2 Å². The molecule has 2 aromatic rings. The molecule has 1 aliphatic rings. The molecule has 0 saturated carbocycles. The predicted octanol–water partition coefficient (Wildman–Crippen LogP) is 2.94. The Balaban J connectivity index is 2.05. The van der Waals surface area contributed by atoms with Crippen LogP contribution in [0.25, 0.3) is 5.57 Å². The van der Waals surface area contributed by atoms with Gasteiger partial charge in [0.2, 0.25) is 0 Å². The summed E-state index contributed by atoms with van der Waals surface area (Å²) in [6, 6.07) is 12.3. The fraction of sp³-hybridized carbons (Fsp3) is 0.304. The Morgan fingerprint density at radius 2 is 1.55 bits per heavy atom. The topological polar surface area (TPSA) is 86.3 Å². The maximum Gasteiger partial charge on any atom is 0.278 e. The molecule has 8 nitrogen and oxygen atoms in total. The number of amides is 2. The van der Waals surface area contributed by atoms with E-state index in [1.807, 2.05) is 6.07 Å². The molecule has 1 N–H and O–H groups in total. The van der Waals surface area contributed by atoms with E-state index in [2.05, 4.69) is 5.32 Å². The van der Waals surface area contributed by atoms with Crippen LogP contribution in [0.2, 0.25) is 0 Å². The molecule has 2 amide bonds. The second-order valence-electron chi connectivity index (χ2n) is 6.75. The summed E-state index contributed by atoms with van der Waals surface area (Å²) < 4.78 is 21.1. The van der Waals surface area contributed by atoms with E-state index in [-0.39, 0.29) is 23.7 Å². The number of hydrogen-bond donors (Lipinski definition) is 1. The first kappa shape index (κ1) is 22.2. The predicted molar refractivity (Wildman–Crippen MR) is 116 cm³/mol. The first-order valence-corrected chi connectivity index (χ1v) is 9.77. The van der Waals surface area contributed by atoms with Gasteiger partial charge in [0.05, 0.1) is 26.9 Å². The number of rotatable bonds is 10. The summed E-state index contributed by atoms with van der Waals surface area (Å²) >= 11 is 0. The molecule has 0 saturated heterocycles. The van der Waals surface area contributed by atoms with Gasteiger partial charge in [-0.05, 0) is 24.6 Å². The smallest absolute Gasteiger partial charge is 0.278 e. The van der Waals surface area contributed by atoms with Crippen LogP contribution in [0, 0.1) is 0 Å². The van der Waals surface area contributed by atoms with Gasteiger partial charge in [0.1, 0.15) is 11.4 Å². The molecule has 2 aromatic carbocycles. The third kappa shape index (κ3) is 4.49. The van der Waals surface area contributed by atoms with Gasteiger partial charge in [-0.1, -0.05) is 18.2 Å². The van der Waals surface area contributed by atoms with E-state index in [1.54, 1.807) is 50.6 Å². The Labute approximate surface area is 181 Å². The van der Waals surface area contributed by atoms with Crippen LogP contribution in [-0.2, 0) is 14.3 Å². The van der Waals surface area contributed by atoms with Crippen LogP contribution in [0.3, 0.4) is 0 Å². The van der Waals surface area contributed by atoms with Crippen molar-refractivity contribution >= 4 is 23.1 Å². The molecule has 0 bridgehead atoms. The van der Waals surface area contributed by atoms with Crippen LogP contribution in [0.5, 0.6) is 17.2 Å². The Kier molecular flexibility index (Phi) is 7.15. The molecule has 1 aliphatic heterocycles. The third-order valence-corrected chi connectivity index (χ3v) is 4.93. The number of imide groups is 1. The van der Waals surface area contributed by atoms with Crippen molar-refractivity contribution in [2.45, 2.75) is 6.42 Å². The Morgan fingerprint density at radius 1 is 0.839 bits per heavy atom. The lowest BCUT2D eigenvalue weighted by molar-refractivity contribution is -0.137. The number of anilines is 1. The highest BCUT2D eigenvalue weighted by atomic mass is 16.5. The molecule has 164 valence electrons. The molecule has 0 atom stereocenters. The summed E-state index contributed by atoms with van der Waals surface area (Å²) in [5, 5.41) is 3.11. The standard InChI is InChI=1S/C23H26N2O6/c1-28-13-7-12-25-22(26)20(16-8-5-6-9-17(16)29-2)21(23(25)27)24-15-10-11-18(30-3)19(14-15)31-4/h5-6,8-11,14,24H,7,12-13H2,1-4H3. The molecule has 0 radical (unpaired) electrons. The van der Waals surface area contributed by atoms with Crippen molar-refractivity contribution in [3.63, 3.8) is 0 Å². The minimum Gasteiger partial charge on any atom is -0.496 e. The zero-order valence-electron chi connectivity index (χ0n) is 18.1. The van der Waals surface area contributed by atoms with Gasteiger partial charge in [-0.25, -0.2) is 0 Å². The summed E-state index contributed by atoms with van der Waals surface area (Å²) in [6.07, 6.45) is 0.539. The molecular formula is C23H26N2O6. The highest BCUT2D eigenvalue weighted by Crippen LogP contribution is 2.36. The Hall–Kier alpha value is -3.52. The minimum absolute atomic E-state index is 0.180. The number of nitrogens with zero attached hydrogens (tertiary/aromatic N) is 1. The highest BCUT2D eigenvalue weighted by molar-refractivity contribution is 6.37. The molecule has 0 unspecified atom stereocenters. The van der Waals surface area contributed by atoms with E-state index in [1.165, 1.54) is 19.1 Å². The number of benzene rings is 2. The van der Waals surface area contributed by atoms with Gasteiger partial charge in [0.15, 0.2) is 11.5 Å². The first-order valence-electron chi connectivity index (χ1n) is 9.77. The fourth-order valence-electron chi connectivity index (χ4n) is 3.42. The van der Waals surface area contributed by atoms with Gasteiger partial charge in [-0.3, -0.25) is 14.5 Å². The quantitative estimate of drug-likeness (QED) is 0.462. The molecule has 0 spiro atoms. The number of methoxy groups -OCH3 is 4. The zero-order chi connectivity index (χ0) is 22.4. The molecule has 3 rings (SSSR count). The number of nitrogens with one attached hydrogen (secondary N) is 1. The summed E-state index contributed by atoms with van der Waals surface area (Å²) in [6.45, 7) is 0.695. The van der Waals surface area contributed by atoms with E-state index in [4.69, 9.17) is 18.9 Å². The second kappa shape index (κ2) is 9.99. The van der Waals surface area contributed by atoms with Crippen LogP contribution < -0.4 is 19.5 Å². The maximum atomic E-state index is 13.3. The summed E-state index contributed by atoms with van der Waals surface area (Å²) in [7, 11) is 6.18. The Bertz CT molecular complexity index is 1000. The van der Waals surface area contributed by atoms with Gasteiger partial charge >= 0.3 is 0 Å². The Morgan fingerprint density at radius 3 is 2.23 bits per heavy atom. The fourth-order valence-corrected chi connectivity index (χ4v) is 3.42. The van der Waals surface area contributed by atoms with Crippen LogP contribution in [0.4, 0.5) is 5.69 Å². The number of carbonyl (C=O) groups excluding carboxylic acids is 2. The molecular weight excluding hydrogens is 400 g/mol. The van der Waals surface area contributed by atoms with Crippen molar-refractivity contribution in [1.82, 2.24) is 4.90 Å². The van der Waals surface area contributed by atoms with Crippen LogP contribution >= 0.6 is 0 Å². The third-order valence-electron chi connectivity index (χ3n) is 4.93. The van der Waals surface area contributed by atoms with Crippen LogP contribution in [-0.4, -0.2) is 58.3 Å². The van der Waals surface area contributed by atoms with Crippen LogP contribution in [0.15, 0.2) is 48.2 Å². The van der Waals surface area contributed by atoms with Crippen molar-refractivity contribution in [1.29, 1.82) is 0 Å².